The Morgan fingerprint density at radius 3 is 2.29 bits per heavy atom. The normalized spacial score (nSPS) is 22.2. The number of carbonyl (C=O) groups is 2. The summed E-state index contributed by atoms with van der Waals surface area (Å²) in [7, 11) is 1.35. The molecule has 116 valence electrons. The number of nitrogens with zero attached hydrogens (tertiary/aromatic N) is 1. The fourth-order valence-corrected chi connectivity index (χ4v) is 3.36. The first-order valence-electron chi connectivity index (χ1n) is 7.41. The zero-order valence-corrected chi connectivity index (χ0v) is 13.4. The Hall–Kier alpha value is -1.78. The van der Waals surface area contributed by atoms with Crippen LogP contribution in [0.4, 0.5) is 0 Å². The smallest absolute Gasteiger partial charge is 0.339 e. The van der Waals surface area contributed by atoms with Crippen LogP contribution >= 0.6 is 0 Å². The summed E-state index contributed by atoms with van der Waals surface area (Å²) in [6.07, 6.45) is 1.15. The maximum atomic E-state index is 12.7. The van der Waals surface area contributed by atoms with Gasteiger partial charge in [0.1, 0.15) is 5.69 Å². The van der Waals surface area contributed by atoms with E-state index in [2.05, 4.69) is 18.8 Å². The van der Waals surface area contributed by atoms with Gasteiger partial charge in [-0.2, -0.15) is 0 Å². The molecule has 5 nitrogen and oxygen atoms in total. The minimum Gasteiger partial charge on any atom is -0.465 e. The summed E-state index contributed by atoms with van der Waals surface area (Å²) in [5, 5.41) is 0. The molecule has 0 unspecified atom stereocenters. The van der Waals surface area contributed by atoms with Crippen LogP contribution in [-0.4, -0.2) is 42.0 Å². The predicted molar refractivity (Wildman–Crippen MR) is 80.5 cm³/mol. The van der Waals surface area contributed by atoms with Gasteiger partial charge < -0.3 is 14.6 Å². The van der Waals surface area contributed by atoms with Crippen LogP contribution in [-0.2, 0) is 4.74 Å². The van der Waals surface area contributed by atoms with Gasteiger partial charge in [0.05, 0.1) is 12.7 Å². The van der Waals surface area contributed by atoms with Crippen molar-refractivity contribution in [2.45, 2.75) is 34.1 Å². The van der Waals surface area contributed by atoms with Crippen molar-refractivity contribution in [3.63, 3.8) is 0 Å². The molecule has 2 rings (SSSR count). The molecule has 1 aliphatic rings. The molecular formula is C16H24N2O3. The number of esters is 1. The molecule has 1 N–H and O–H groups in total. The second-order valence-corrected chi connectivity index (χ2v) is 6.27. The van der Waals surface area contributed by atoms with E-state index in [0.717, 1.165) is 19.5 Å². The molecule has 1 fully saturated rings. The average molecular weight is 292 g/mol. The first-order valence-corrected chi connectivity index (χ1v) is 7.41. The topological polar surface area (TPSA) is 62.4 Å². The molecule has 1 amide bonds. The molecule has 1 aliphatic heterocycles. The summed E-state index contributed by atoms with van der Waals surface area (Å²) in [5.41, 5.74) is 2.34. The number of ether oxygens (including phenoxy) is 1. The minimum atomic E-state index is -0.402. The molecule has 1 aromatic rings. The summed E-state index contributed by atoms with van der Waals surface area (Å²) in [6.45, 7) is 9.46. The lowest BCUT2D eigenvalue weighted by molar-refractivity contribution is 0.0599. The second-order valence-electron chi connectivity index (χ2n) is 6.27. The van der Waals surface area contributed by atoms with Crippen LogP contribution < -0.4 is 0 Å². The van der Waals surface area contributed by atoms with Crippen LogP contribution in [0.5, 0.6) is 0 Å². The van der Waals surface area contributed by atoms with Crippen LogP contribution in [0.25, 0.3) is 0 Å². The molecule has 2 heterocycles. The van der Waals surface area contributed by atoms with E-state index in [-0.39, 0.29) is 5.91 Å². The zero-order valence-electron chi connectivity index (χ0n) is 13.4. The Balaban J connectivity index is 2.30. The molecule has 0 spiro atoms. The molecule has 0 saturated carbocycles. The van der Waals surface area contributed by atoms with Crippen molar-refractivity contribution in [3.05, 3.63) is 22.5 Å². The third kappa shape index (κ3) is 2.96. The van der Waals surface area contributed by atoms with Crippen LogP contribution in [0.1, 0.15) is 52.4 Å². The number of aromatic amines is 1. The lowest BCUT2D eigenvalue weighted by Crippen LogP contribution is -2.42. The fraction of sp³-hybridized carbons (Fsp3) is 0.625. The number of piperidine rings is 1. The van der Waals surface area contributed by atoms with Gasteiger partial charge in [0, 0.05) is 18.8 Å². The van der Waals surface area contributed by atoms with Crippen LogP contribution in [0, 0.1) is 25.7 Å². The van der Waals surface area contributed by atoms with Crippen molar-refractivity contribution in [2.75, 3.05) is 20.2 Å². The van der Waals surface area contributed by atoms with Gasteiger partial charge in [-0.1, -0.05) is 13.8 Å². The first-order chi connectivity index (χ1) is 9.85. The molecule has 2 atom stereocenters. The standard InChI is InChI=1S/C16H24N2O3/c1-9-6-10(2)8-18(7-9)15(19)14-11(3)13(12(4)17-14)16(20)21-5/h9-10,17H,6-8H2,1-5H3/t9-,10+. The number of aromatic nitrogens is 1. The van der Waals surface area contributed by atoms with Gasteiger partial charge in [-0.05, 0) is 37.7 Å². The monoisotopic (exact) mass is 292 g/mol. The summed E-state index contributed by atoms with van der Waals surface area (Å²) >= 11 is 0. The van der Waals surface area contributed by atoms with Crippen LogP contribution in [0.15, 0.2) is 0 Å². The van der Waals surface area contributed by atoms with E-state index < -0.39 is 5.97 Å². The minimum absolute atomic E-state index is 0.0239. The number of carbonyl (C=O) groups excluding carboxylic acids is 2. The number of hydrogen-bond donors (Lipinski definition) is 1. The molecular weight excluding hydrogens is 268 g/mol. The SMILES string of the molecule is COC(=O)c1c(C)[nH]c(C(=O)N2C[C@H](C)C[C@H](C)C2)c1C. The van der Waals surface area contributed by atoms with Gasteiger partial charge in [-0.3, -0.25) is 4.79 Å². The summed E-state index contributed by atoms with van der Waals surface area (Å²) in [5.74, 6) is 0.591. The van der Waals surface area contributed by atoms with Crippen molar-refractivity contribution in [2.24, 2.45) is 11.8 Å². The van der Waals surface area contributed by atoms with E-state index in [1.54, 1.807) is 13.8 Å². The first kappa shape index (κ1) is 15.6. The maximum absolute atomic E-state index is 12.7. The van der Waals surface area contributed by atoms with Crippen molar-refractivity contribution < 1.29 is 14.3 Å². The molecule has 1 saturated heterocycles. The fourth-order valence-electron chi connectivity index (χ4n) is 3.36. The zero-order chi connectivity index (χ0) is 15.7. The highest BCUT2D eigenvalue weighted by atomic mass is 16.5. The van der Waals surface area contributed by atoms with E-state index in [4.69, 9.17) is 4.74 Å². The number of amides is 1. The average Bonchev–Trinajstić information content (AvgIpc) is 2.71. The van der Waals surface area contributed by atoms with Crippen molar-refractivity contribution >= 4 is 11.9 Å². The molecule has 0 radical (unpaired) electrons. The Morgan fingerprint density at radius 1 is 1.19 bits per heavy atom. The van der Waals surface area contributed by atoms with E-state index in [0.29, 0.717) is 34.4 Å². The third-order valence-corrected chi connectivity index (χ3v) is 4.20. The maximum Gasteiger partial charge on any atom is 0.339 e. The van der Waals surface area contributed by atoms with Gasteiger partial charge in [0.25, 0.3) is 5.91 Å². The lowest BCUT2D eigenvalue weighted by atomic mass is 9.91. The Labute approximate surface area is 125 Å². The third-order valence-electron chi connectivity index (χ3n) is 4.20. The van der Waals surface area contributed by atoms with Gasteiger partial charge in [0.15, 0.2) is 0 Å². The number of hydrogen-bond acceptors (Lipinski definition) is 3. The lowest BCUT2D eigenvalue weighted by Gasteiger charge is -2.34. The van der Waals surface area contributed by atoms with E-state index in [1.165, 1.54) is 7.11 Å². The number of H-pyrrole nitrogens is 1. The van der Waals surface area contributed by atoms with Crippen molar-refractivity contribution in [1.82, 2.24) is 9.88 Å². The Kier molecular flexibility index (Phi) is 4.40. The van der Waals surface area contributed by atoms with Gasteiger partial charge in [0.2, 0.25) is 0 Å². The summed E-state index contributed by atoms with van der Waals surface area (Å²) < 4.78 is 4.79. The number of rotatable bonds is 2. The largest absolute Gasteiger partial charge is 0.465 e. The number of likely N-dealkylation sites (tertiary alicyclic amines) is 1. The molecule has 0 aliphatic carbocycles. The molecule has 5 heteroatoms. The van der Waals surface area contributed by atoms with E-state index in [9.17, 15) is 9.59 Å². The van der Waals surface area contributed by atoms with Crippen LogP contribution in [0.2, 0.25) is 0 Å². The molecule has 1 aromatic heterocycles. The predicted octanol–water partition coefficient (Wildman–Crippen LogP) is 2.54. The second kappa shape index (κ2) is 5.92. The summed E-state index contributed by atoms with van der Waals surface area (Å²) in [4.78, 5) is 29.5. The van der Waals surface area contributed by atoms with Gasteiger partial charge in [-0.15, -0.1) is 0 Å². The molecule has 0 aromatic carbocycles. The van der Waals surface area contributed by atoms with Gasteiger partial charge in [-0.25, -0.2) is 4.79 Å². The highest BCUT2D eigenvalue weighted by molar-refractivity contribution is 6.00. The van der Waals surface area contributed by atoms with Crippen molar-refractivity contribution in [1.29, 1.82) is 0 Å². The Bertz CT molecular complexity index is 552. The summed E-state index contributed by atoms with van der Waals surface area (Å²) in [6, 6.07) is 0. The number of methoxy groups -OCH3 is 1. The van der Waals surface area contributed by atoms with E-state index in [1.807, 2.05) is 4.90 Å². The number of nitrogens with one attached hydrogen (secondary N) is 1. The highest BCUT2D eigenvalue weighted by Gasteiger charge is 2.30. The highest BCUT2D eigenvalue weighted by Crippen LogP contribution is 2.25. The van der Waals surface area contributed by atoms with E-state index >= 15 is 0 Å². The van der Waals surface area contributed by atoms with Crippen molar-refractivity contribution in [3.8, 4) is 0 Å². The molecule has 0 bridgehead atoms. The van der Waals surface area contributed by atoms with Gasteiger partial charge >= 0.3 is 5.97 Å². The number of aryl methyl sites for hydroxylation is 1. The van der Waals surface area contributed by atoms with Crippen LogP contribution in [0.3, 0.4) is 0 Å². The molecule has 21 heavy (non-hydrogen) atoms. The quantitative estimate of drug-likeness (QED) is 0.852. The Morgan fingerprint density at radius 2 is 1.76 bits per heavy atom.